The predicted octanol–water partition coefficient (Wildman–Crippen LogP) is 1.63. The molecule has 26 heavy (non-hydrogen) atoms. The van der Waals surface area contributed by atoms with Gasteiger partial charge in [0.05, 0.1) is 12.6 Å². The van der Waals surface area contributed by atoms with Crippen LogP contribution in [0.2, 0.25) is 0 Å². The van der Waals surface area contributed by atoms with Gasteiger partial charge in [0, 0.05) is 6.20 Å². The molecule has 0 aromatic carbocycles. The number of ether oxygens (including phenoxy) is 1. The van der Waals surface area contributed by atoms with Gasteiger partial charge >= 0.3 is 18.2 Å². The largest absolute Gasteiger partial charge is 0.478 e. The van der Waals surface area contributed by atoms with Gasteiger partial charge in [-0.3, -0.25) is 4.98 Å². The van der Waals surface area contributed by atoms with Crippen molar-refractivity contribution < 1.29 is 32.6 Å². The Morgan fingerprint density at radius 2 is 2.12 bits per heavy atom. The maximum Gasteiger partial charge on any atom is 0.433 e. The molecule has 2 N–H and O–H groups in total. The van der Waals surface area contributed by atoms with Crippen LogP contribution in [0.25, 0.3) is 0 Å². The number of carbonyl (C=O) groups is 2. The number of hydrogen-bond donors (Lipinski definition) is 2. The van der Waals surface area contributed by atoms with Gasteiger partial charge < -0.3 is 15.2 Å². The highest BCUT2D eigenvalue weighted by molar-refractivity contribution is 5.77. The standard InChI is InChI=1S/C14H14F3N5O4/c1-8(9-2-3-11(19-4-9)14(15,16)17)21-13(25)26-10(12(23)24)5-22-7-18-6-20-22/h2-4,6-8,10H,5H2,1H3,(H,21,25)(H,23,24)/t8-,10?/m1/s1. The van der Waals surface area contributed by atoms with E-state index in [-0.39, 0.29) is 12.1 Å². The lowest BCUT2D eigenvalue weighted by atomic mass is 10.1. The molecule has 0 saturated carbocycles. The number of carbonyl (C=O) groups excluding carboxylic acids is 1. The monoisotopic (exact) mass is 373 g/mol. The number of alkyl carbamates (subject to hydrolysis) is 1. The molecule has 2 rings (SSSR count). The van der Waals surface area contributed by atoms with Crippen LogP contribution in [0, 0.1) is 0 Å². The SMILES string of the molecule is C[C@@H](NC(=O)OC(Cn1cncn1)C(=O)O)c1ccc(C(F)(F)F)nc1. The number of amides is 1. The third-order valence-electron chi connectivity index (χ3n) is 3.26. The first-order valence-corrected chi connectivity index (χ1v) is 7.22. The maximum atomic E-state index is 12.5. The first kappa shape index (κ1) is 19.1. The highest BCUT2D eigenvalue weighted by Gasteiger charge is 2.32. The number of carboxylic acids is 1. The van der Waals surface area contributed by atoms with Crippen LogP contribution in [-0.4, -0.2) is 43.0 Å². The number of halogens is 3. The number of carboxylic acid groups (broad SMARTS) is 1. The Morgan fingerprint density at radius 1 is 1.38 bits per heavy atom. The normalized spacial score (nSPS) is 13.7. The zero-order valence-electron chi connectivity index (χ0n) is 13.3. The fourth-order valence-corrected chi connectivity index (χ4v) is 1.92. The van der Waals surface area contributed by atoms with Crippen LogP contribution in [0.5, 0.6) is 0 Å². The van der Waals surface area contributed by atoms with Crippen LogP contribution < -0.4 is 5.32 Å². The zero-order chi connectivity index (χ0) is 19.3. The number of rotatable bonds is 6. The van der Waals surface area contributed by atoms with Crippen molar-refractivity contribution in [1.29, 1.82) is 0 Å². The molecule has 0 bridgehead atoms. The number of hydrogen-bond acceptors (Lipinski definition) is 6. The fraction of sp³-hybridized carbons (Fsp3) is 0.357. The van der Waals surface area contributed by atoms with Crippen LogP contribution in [0.1, 0.15) is 24.2 Å². The maximum absolute atomic E-state index is 12.5. The molecule has 1 amide bonds. The minimum absolute atomic E-state index is 0.251. The third-order valence-corrected chi connectivity index (χ3v) is 3.26. The third kappa shape index (κ3) is 5.16. The zero-order valence-corrected chi connectivity index (χ0v) is 13.3. The van der Waals surface area contributed by atoms with E-state index in [2.05, 4.69) is 20.4 Å². The van der Waals surface area contributed by atoms with E-state index in [1.54, 1.807) is 0 Å². The Balaban J connectivity index is 1.95. The van der Waals surface area contributed by atoms with Crippen molar-refractivity contribution >= 4 is 12.1 Å². The summed E-state index contributed by atoms with van der Waals surface area (Å²) >= 11 is 0. The lowest BCUT2D eigenvalue weighted by Crippen LogP contribution is -2.37. The van der Waals surface area contributed by atoms with E-state index in [1.165, 1.54) is 24.3 Å². The first-order valence-electron chi connectivity index (χ1n) is 7.22. The van der Waals surface area contributed by atoms with Crippen molar-refractivity contribution in [2.75, 3.05) is 0 Å². The molecular formula is C14H14F3N5O4. The molecule has 1 unspecified atom stereocenters. The average Bonchev–Trinajstić information content (AvgIpc) is 3.06. The number of alkyl halides is 3. The number of nitrogens with one attached hydrogen (secondary N) is 1. The van der Waals surface area contributed by atoms with Gasteiger partial charge in [-0.15, -0.1) is 0 Å². The Morgan fingerprint density at radius 3 is 2.62 bits per heavy atom. The quantitative estimate of drug-likeness (QED) is 0.790. The summed E-state index contributed by atoms with van der Waals surface area (Å²) in [5, 5.41) is 15.1. The molecule has 12 heteroatoms. The molecule has 0 fully saturated rings. The molecule has 2 heterocycles. The summed E-state index contributed by atoms with van der Waals surface area (Å²) in [5.74, 6) is -1.39. The van der Waals surface area contributed by atoms with Gasteiger partial charge in [0.15, 0.2) is 0 Å². The molecule has 2 atom stereocenters. The van der Waals surface area contributed by atoms with Crippen LogP contribution in [-0.2, 0) is 22.3 Å². The molecule has 0 radical (unpaired) electrons. The summed E-state index contributed by atoms with van der Waals surface area (Å²) in [6.07, 6.45) is -3.71. The van der Waals surface area contributed by atoms with E-state index >= 15 is 0 Å². The predicted molar refractivity (Wildman–Crippen MR) is 78.7 cm³/mol. The average molecular weight is 373 g/mol. The molecule has 0 aliphatic carbocycles. The van der Waals surface area contributed by atoms with Crippen LogP contribution >= 0.6 is 0 Å². The fourth-order valence-electron chi connectivity index (χ4n) is 1.92. The van der Waals surface area contributed by atoms with Crippen LogP contribution in [0.4, 0.5) is 18.0 Å². The topological polar surface area (TPSA) is 119 Å². The minimum Gasteiger partial charge on any atom is -0.478 e. The van der Waals surface area contributed by atoms with Gasteiger partial charge in [0.1, 0.15) is 18.3 Å². The van der Waals surface area contributed by atoms with E-state index < -0.39 is 36.1 Å². The Kier molecular flexibility index (Phi) is 5.75. The number of aromatic nitrogens is 4. The second-order valence-corrected chi connectivity index (χ2v) is 5.19. The summed E-state index contributed by atoms with van der Waals surface area (Å²) < 4.78 is 43.5. The van der Waals surface area contributed by atoms with Gasteiger partial charge in [-0.25, -0.2) is 19.3 Å². The summed E-state index contributed by atoms with van der Waals surface area (Å²) in [6, 6.07) is 1.19. The summed E-state index contributed by atoms with van der Waals surface area (Å²) in [6.45, 7) is 1.23. The van der Waals surface area contributed by atoms with Gasteiger partial charge in [-0.05, 0) is 18.6 Å². The van der Waals surface area contributed by atoms with Crippen LogP contribution in [0.15, 0.2) is 31.0 Å². The molecule has 2 aromatic rings. The number of nitrogens with zero attached hydrogens (tertiary/aromatic N) is 4. The van der Waals surface area contributed by atoms with Crippen molar-refractivity contribution in [1.82, 2.24) is 25.1 Å². The molecule has 9 nitrogen and oxygen atoms in total. The smallest absolute Gasteiger partial charge is 0.433 e. The van der Waals surface area contributed by atoms with E-state index in [0.717, 1.165) is 18.3 Å². The summed E-state index contributed by atoms with van der Waals surface area (Å²) in [5.41, 5.74) is -0.770. The highest BCUT2D eigenvalue weighted by Crippen LogP contribution is 2.27. The van der Waals surface area contributed by atoms with Crippen molar-refractivity contribution in [3.05, 3.63) is 42.2 Å². The Hall–Kier alpha value is -3.18. The molecule has 0 spiro atoms. The molecule has 140 valence electrons. The van der Waals surface area contributed by atoms with Crippen molar-refractivity contribution in [2.45, 2.75) is 31.8 Å². The van der Waals surface area contributed by atoms with Gasteiger partial charge in [-0.2, -0.15) is 18.3 Å². The van der Waals surface area contributed by atoms with E-state index in [1.807, 2.05) is 0 Å². The lowest BCUT2D eigenvalue weighted by Gasteiger charge is -2.18. The van der Waals surface area contributed by atoms with Crippen LogP contribution in [0.3, 0.4) is 0 Å². The van der Waals surface area contributed by atoms with Crippen molar-refractivity contribution in [2.24, 2.45) is 0 Å². The van der Waals surface area contributed by atoms with Crippen molar-refractivity contribution in [3.8, 4) is 0 Å². The summed E-state index contributed by atoms with van der Waals surface area (Å²) in [4.78, 5) is 29.9. The van der Waals surface area contributed by atoms with Gasteiger partial charge in [-0.1, -0.05) is 6.07 Å². The first-order chi connectivity index (χ1) is 12.2. The minimum atomic E-state index is -4.57. The number of pyridine rings is 1. The second kappa shape index (κ2) is 7.80. The van der Waals surface area contributed by atoms with Gasteiger partial charge in [0.2, 0.25) is 6.10 Å². The van der Waals surface area contributed by atoms with E-state index in [4.69, 9.17) is 9.84 Å². The molecular weight excluding hydrogens is 359 g/mol. The van der Waals surface area contributed by atoms with E-state index in [9.17, 15) is 22.8 Å². The summed E-state index contributed by atoms with van der Waals surface area (Å²) in [7, 11) is 0. The Bertz CT molecular complexity index is 749. The second-order valence-electron chi connectivity index (χ2n) is 5.19. The molecule has 0 aliphatic heterocycles. The van der Waals surface area contributed by atoms with E-state index in [0.29, 0.717) is 0 Å². The number of aliphatic carboxylic acids is 1. The lowest BCUT2D eigenvalue weighted by molar-refractivity contribution is -0.147. The van der Waals surface area contributed by atoms with Crippen molar-refractivity contribution in [3.63, 3.8) is 0 Å². The molecule has 0 saturated heterocycles. The molecule has 2 aromatic heterocycles. The molecule has 0 aliphatic rings. The highest BCUT2D eigenvalue weighted by atomic mass is 19.4. The Labute approximate surface area is 144 Å². The van der Waals surface area contributed by atoms with Gasteiger partial charge in [0.25, 0.3) is 0 Å².